The maximum absolute atomic E-state index is 13.1. The van der Waals surface area contributed by atoms with E-state index in [0.717, 1.165) is 40.3 Å². The monoisotopic (exact) mass is 467 g/mol. The first-order valence-electron chi connectivity index (χ1n) is 10.3. The summed E-state index contributed by atoms with van der Waals surface area (Å²) in [5.74, 6) is -2.39. The number of carbonyl (C=O) groups is 2. The Morgan fingerprint density at radius 2 is 1.50 bits per heavy atom. The highest BCUT2D eigenvalue weighted by Crippen LogP contribution is 2.43. The van der Waals surface area contributed by atoms with Gasteiger partial charge >= 0.3 is 6.18 Å². The van der Waals surface area contributed by atoms with Crippen LogP contribution in [0, 0.1) is 13.8 Å². The van der Waals surface area contributed by atoms with Gasteiger partial charge in [0.05, 0.1) is 17.2 Å². The number of aliphatic hydroxyl groups is 1. The molecule has 3 aromatic rings. The van der Waals surface area contributed by atoms with E-state index in [9.17, 15) is 33.0 Å². The van der Waals surface area contributed by atoms with Crippen molar-refractivity contribution in [1.82, 2.24) is 0 Å². The predicted octanol–water partition coefficient (Wildman–Crippen LogP) is 5.65. The van der Waals surface area contributed by atoms with Crippen LogP contribution < -0.4 is 4.90 Å². The number of alkyl halides is 3. The lowest BCUT2D eigenvalue weighted by Crippen LogP contribution is -2.29. The minimum atomic E-state index is -4.56. The SMILES string of the molecule is Cc1ccc(/C(O)=C2/C(=O)C(=O)N(c3ccc(C(F)(F)F)cc3)C2c2ccc(O)cc2)cc1C. The standard InChI is InChI=1S/C26H20F3NO4/c1-14-3-4-17(13-15(14)2)23(32)21-22(16-5-11-20(31)12-6-16)30(25(34)24(21)33)19-9-7-18(8-10-19)26(27,28)29/h3-13,22,31-32H,1-2H3/b23-21-. The third-order valence-electron chi connectivity index (χ3n) is 5.91. The first-order chi connectivity index (χ1) is 16.0. The summed E-state index contributed by atoms with van der Waals surface area (Å²) in [6.45, 7) is 3.73. The lowest BCUT2D eigenvalue weighted by Gasteiger charge is -2.26. The number of phenols is 1. The maximum Gasteiger partial charge on any atom is 0.416 e. The number of hydrogen-bond donors (Lipinski definition) is 2. The number of ketones is 1. The summed E-state index contributed by atoms with van der Waals surface area (Å²) < 4.78 is 39.1. The Bertz CT molecular complexity index is 1310. The molecule has 8 heteroatoms. The van der Waals surface area contributed by atoms with Crippen LogP contribution in [0.4, 0.5) is 18.9 Å². The van der Waals surface area contributed by atoms with Crippen LogP contribution >= 0.6 is 0 Å². The average molecular weight is 467 g/mol. The van der Waals surface area contributed by atoms with Gasteiger partial charge in [0.1, 0.15) is 11.5 Å². The largest absolute Gasteiger partial charge is 0.508 e. The number of anilines is 1. The van der Waals surface area contributed by atoms with E-state index >= 15 is 0 Å². The summed E-state index contributed by atoms with van der Waals surface area (Å²) >= 11 is 0. The quantitative estimate of drug-likeness (QED) is 0.296. The van der Waals surface area contributed by atoms with Gasteiger partial charge in [-0.05, 0) is 73.0 Å². The minimum Gasteiger partial charge on any atom is -0.508 e. The lowest BCUT2D eigenvalue weighted by atomic mass is 9.94. The van der Waals surface area contributed by atoms with Crippen molar-refractivity contribution >= 4 is 23.1 Å². The zero-order valence-corrected chi connectivity index (χ0v) is 18.2. The summed E-state index contributed by atoms with van der Waals surface area (Å²) in [4.78, 5) is 27.2. The lowest BCUT2D eigenvalue weighted by molar-refractivity contribution is -0.137. The van der Waals surface area contributed by atoms with E-state index in [1.54, 1.807) is 18.2 Å². The minimum absolute atomic E-state index is 0.0515. The number of carbonyl (C=O) groups excluding carboxylic acids is 2. The highest BCUT2D eigenvalue weighted by Gasteiger charge is 2.47. The van der Waals surface area contributed by atoms with Crippen LogP contribution in [-0.2, 0) is 15.8 Å². The van der Waals surface area contributed by atoms with Crippen molar-refractivity contribution in [3.8, 4) is 5.75 Å². The number of amides is 1. The number of aryl methyl sites for hydroxylation is 2. The fraction of sp³-hybridized carbons (Fsp3) is 0.154. The Kier molecular flexibility index (Phi) is 5.69. The Morgan fingerprint density at radius 1 is 0.882 bits per heavy atom. The van der Waals surface area contributed by atoms with Crippen LogP contribution in [0.2, 0.25) is 0 Å². The van der Waals surface area contributed by atoms with E-state index in [1.807, 2.05) is 13.8 Å². The molecule has 0 radical (unpaired) electrons. The third-order valence-corrected chi connectivity index (χ3v) is 5.91. The molecule has 1 fully saturated rings. The van der Waals surface area contributed by atoms with Crippen molar-refractivity contribution in [2.75, 3.05) is 4.90 Å². The Labute approximate surface area is 193 Å². The molecule has 5 nitrogen and oxygen atoms in total. The van der Waals surface area contributed by atoms with Crippen molar-refractivity contribution in [2.24, 2.45) is 0 Å². The number of nitrogens with zero attached hydrogens (tertiary/aromatic N) is 1. The number of benzene rings is 3. The Hall–Kier alpha value is -4.07. The summed E-state index contributed by atoms with van der Waals surface area (Å²) in [6, 6.07) is 13.5. The van der Waals surface area contributed by atoms with Crippen LogP contribution in [0.3, 0.4) is 0 Å². The molecule has 2 N–H and O–H groups in total. The Balaban J connectivity index is 1.91. The fourth-order valence-corrected chi connectivity index (χ4v) is 3.93. The first kappa shape index (κ1) is 23.1. The molecule has 0 aliphatic carbocycles. The molecular weight excluding hydrogens is 447 g/mol. The third kappa shape index (κ3) is 4.03. The van der Waals surface area contributed by atoms with Gasteiger partial charge in [-0.3, -0.25) is 14.5 Å². The highest BCUT2D eigenvalue weighted by atomic mass is 19.4. The second kappa shape index (κ2) is 8.37. The molecule has 3 aromatic carbocycles. The van der Waals surface area contributed by atoms with Crippen molar-refractivity contribution in [3.63, 3.8) is 0 Å². The maximum atomic E-state index is 13.1. The molecule has 0 saturated carbocycles. The van der Waals surface area contributed by atoms with Gasteiger partial charge in [-0.1, -0.05) is 24.3 Å². The van der Waals surface area contributed by atoms with Crippen molar-refractivity contribution < 1.29 is 33.0 Å². The molecule has 0 spiro atoms. The van der Waals surface area contributed by atoms with Gasteiger partial charge in [-0.2, -0.15) is 13.2 Å². The topological polar surface area (TPSA) is 77.8 Å². The number of hydrogen-bond acceptors (Lipinski definition) is 4. The average Bonchev–Trinajstić information content (AvgIpc) is 3.06. The second-order valence-corrected chi connectivity index (χ2v) is 8.10. The molecular formula is C26H20F3NO4. The highest BCUT2D eigenvalue weighted by molar-refractivity contribution is 6.51. The van der Waals surface area contributed by atoms with Gasteiger partial charge in [-0.25, -0.2) is 0 Å². The Morgan fingerprint density at radius 3 is 2.06 bits per heavy atom. The van der Waals surface area contributed by atoms with Crippen LogP contribution in [-0.4, -0.2) is 21.9 Å². The van der Waals surface area contributed by atoms with Crippen LogP contribution in [0.15, 0.2) is 72.3 Å². The number of Topliss-reactive ketones (excluding diaryl/α,β-unsaturated/α-hetero) is 1. The smallest absolute Gasteiger partial charge is 0.416 e. The van der Waals surface area contributed by atoms with Crippen molar-refractivity contribution in [3.05, 3.63) is 100 Å². The predicted molar refractivity (Wildman–Crippen MR) is 120 cm³/mol. The van der Waals surface area contributed by atoms with E-state index < -0.39 is 35.2 Å². The van der Waals surface area contributed by atoms with E-state index in [2.05, 4.69) is 0 Å². The molecule has 1 saturated heterocycles. The number of phenolic OH excluding ortho intramolecular Hbond substituents is 1. The molecule has 0 bridgehead atoms. The number of aromatic hydroxyl groups is 1. The normalized spacial score (nSPS) is 17.9. The van der Waals surface area contributed by atoms with Gasteiger partial charge in [0.15, 0.2) is 0 Å². The van der Waals surface area contributed by atoms with Gasteiger partial charge in [0.2, 0.25) is 0 Å². The van der Waals surface area contributed by atoms with Gasteiger partial charge in [0.25, 0.3) is 11.7 Å². The molecule has 4 rings (SSSR count). The van der Waals surface area contributed by atoms with Crippen LogP contribution in [0.25, 0.3) is 5.76 Å². The van der Waals surface area contributed by atoms with Gasteiger partial charge < -0.3 is 10.2 Å². The zero-order valence-electron chi connectivity index (χ0n) is 18.2. The molecule has 1 heterocycles. The molecule has 1 atom stereocenters. The van der Waals surface area contributed by atoms with Crippen LogP contribution in [0.1, 0.15) is 33.9 Å². The molecule has 1 aliphatic heterocycles. The molecule has 1 unspecified atom stereocenters. The number of halogens is 3. The molecule has 1 aliphatic rings. The summed E-state index contributed by atoms with van der Waals surface area (Å²) in [6.07, 6.45) is -4.56. The van der Waals surface area contributed by atoms with Crippen molar-refractivity contribution in [2.45, 2.75) is 26.1 Å². The fourth-order valence-electron chi connectivity index (χ4n) is 3.93. The van der Waals surface area contributed by atoms with Crippen molar-refractivity contribution in [1.29, 1.82) is 0 Å². The molecule has 0 aromatic heterocycles. The molecule has 174 valence electrons. The van der Waals surface area contributed by atoms with Gasteiger partial charge in [0, 0.05) is 11.3 Å². The number of rotatable bonds is 3. The van der Waals surface area contributed by atoms with E-state index in [1.165, 1.54) is 24.3 Å². The van der Waals surface area contributed by atoms with Crippen LogP contribution in [0.5, 0.6) is 5.75 Å². The van der Waals surface area contributed by atoms with E-state index in [0.29, 0.717) is 11.1 Å². The number of aliphatic hydroxyl groups excluding tert-OH is 1. The second-order valence-electron chi connectivity index (χ2n) is 8.10. The van der Waals surface area contributed by atoms with E-state index in [4.69, 9.17) is 0 Å². The summed E-state index contributed by atoms with van der Waals surface area (Å²) in [5.41, 5.74) is 1.52. The first-order valence-corrected chi connectivity index (χ1v) is 10.3. The molecule has 34 heavy (non-hydrogen) atoms. The molecule has 1 amide bonds. The zero-order chi connectivity index (χ0) is 24.8. The van der Waals surface area contributed by atoms with E-state index in [-0.39, 0.29) is 17.0 Å². The summed E-state index contributed by atoms with van der Waals surface area (Å²) in [7, 11) is 0. The van der Waals surface area contributed by atoms with Gasteiger partial charge in [-0.15, -0.1) is 0 Å². The summed E-state index contributed by atoms with van der Waals surface area (Å²) in [5, 5.41) is 20.8.